The number of furan rings is 1. The maximum atomic E-state index is 12.9. The molecular formula is C14H19N3O5S. The van der Waals surface area contributed by atoms with Crippen molar-refractivity contribution in [2.75, 3.05) is 13.1 Å². The van der Waals surface area contributed by atoms with Crippen molar-refractivity contribution in [1.29, 1.82) is 0 Å². The highest BCUT2D eigenvalue weighted by molar-refractivity contribution is 7.89. The molecule has 0 saturated carbocycles. The van der Waals surface area contributed by atoms with Gasteiger partial charge in [-0.1, -0.05) is 5.16 Å². The predicted octanol–water partition coefficient (Wildman–Crippen LogP) is 1.74. The highest BCUT2D eigenvalue weighted by Gasteiger charge is 2.38. The first-order chi connectivity index (χ1) is 10.8. The van der Waals surface area contributed by atoms with Crippen LogP contribution in [-0.2, 0) is 14.8 Å². The van der Waals surface area contributed by atoms with Crippen molar-refractivity contribution in [2.24, 2.45) is 0 Å². The van der Waals surface area contributed by atoms with Crippen molar-refractivity contribution >= 4 is 10.0 Å². The van der Waals surface area contributed by atoms with Crippen LogP contribution in [0.5, 0.6) is 0 Å². The van der Waals surface area contributed by atoms with Crippen molar-refractivity contribution in [3.63, 3.8) is 0 Å². The summed E-state index contributed by atoms with van der Waals surface area (Å²) in [5, 5.41) is 3.73. The number of aryl methyl sites for hydroxylation is 3. The molecule has 3 rings (SSSR count). The number of ether oxygens (including phenoxy) is 1. The van der Waals surface area contributed by atoms with Crippen molar-refractivity contribution < 1.29 is 22.1 Å². The van der Waals surface area contributed by atoms with Gasteiger partial charge in [0.05, 0.1) is 6.10 Å². The second-order valence-corrected chi connectivity index (χ2v) is 7.62. The van der Waals surface area contributed by atoms with E-state index in [0.29, 0.717) is 17.3 Å². The maximum Gasteiger partial charge on any atom is 0.257 e. The minimum absolute atomic E-state index is 0.123. The molecule has 1 fully saturated rings. The van der Waals surface area contributed by atoms with Gasteiger partial charge < -0.3 is 13.7 Å². The Balaban J connectivity index is 1.91. The van der Waals surface area contributed by atoms with Crippen molar-refractivity contribution in [2.45, 2.75) is 44.8 Å². The first-order valence-electron chi connectivity index (χ1n) is 7.30. The van der Waals surface area contributed by atoms with Crippen LogP contribution in [0.3, 0.4) is 0 Å². The van der Waals surface area contributed by atoms with Crippen LogP contribution in [0.4, 0.5) is 0 Å². The molecule has 1 aliphatic heterocycles. The van der Waals surface area contributed by atoms with Gasteiger partial charge in [0.2, 0.25) is 10.0 Å². The zero-order valence-electron chi connectivity index (χ0n) is 13.4. The summed E-state index contributed by atoms with van der Waals surface area (Å²) in [6.45, 7) is 7.25. The Kier molecular flexibility index (Phi) is 4.03. The average Bonchev–Trinajstić information content (AvgIpc) is 3.04. The number of aromatic nitrogens is 2. The van der Waals surface area contributed by atoms with Crippen LogP contribution < -0.4 is 0 Å². The Hall–Kier alpha value is -1.71. The van der Waals surface area contributed by atoms with Crippen LogP contribution >= 0.6 is 0 Å². The largest absolute Gasteiger partial charge is 0.465 e. The highest BCUT2D eigenvalue weighted by Crippen LogP contribution is 2.30. The zero-order chi connectivity index (χ0) is 16.8. The van der Waals surface area contributed by atoms with E-state index in [1.165, 1.54) is 10.4 Å². The lowest BCUT2D eigenvalue weighted by molar-refractivity contribution is -0.0691. The Labute approximate surface area is 134 Å². The van der Waals surface area contributed by atoms with Crippen LogP contribution in [-0.4, -0.2) is 42.1 Å². The SMILES string of the molecule is Cc1noc([C@H]2CN(S(=O)(=O)c3cc(C)oc3C)C[C@@H](C)O2)n1. The molecule has 0 aliphatic carbocycles. The Morgan fingerprint density at radius 1 is 1.26 bits per heavy atom. The molecule has 9 heteroatoms. The fraction of sp³-hybridized carbons (Fsp3) is 0.571. The lowest BCUT2D eigenvalue weighted by Crippen LogP contribution is -2.46. The quantitative estimate of drug-likeness (QED) is 0.838. The Bertz CT molecular complexity index is 810. The summed E-state index contributed by atoms with van der Waals surface area (Å²) in [6.07, 6.45) is -0.868. The molecule has 0 aromatic carbocycles. The molecule has 0 spiro atoms. The molecule has 2 aromatic heterocycles. The molecule has 0 N–H and O–H groups in total. The van der Waals surface area contributed by atoms with Gasteiger partial charge >= 0.3 is 0 Å². The van der Waals surface area contributed by atoms with Gasteiger partial charge in [0.1, 0.15) is 16.4 Å². The molecule has 0 bridgehead atoms. The van der Waals surface area contributed by atoms with Crippen LogP contribution in [0, 0.1) is 20.8 Å². The van der Waals surface area contributed by atoms with Gasteiger partial charge in [-0.05, 0) is 33.8 Å². The number of morpholine rings is 1. The van der Waals surface area contributed by atoms with E-state index in [-0.39, 0.29) is 30.0 Å². The van der Waals surface area contributed by atoms with Gasteiger partial charge in [-0.25, -0.2) is 8.42 Å². The lowest BCUT2D eigenvalue weighted by atomic mass is 10.2. The van der Waals surface area contributed by atoms with Gasteiger partial charge in [-0.3, -0.25) is 0 Å². The van der Waals surface area contributed by atoms with E-state index in [1.807, 2.05) is 6.92 Å². The lowest BCUT2D eigenvalue weighted by Gasteiger charge is -2.34. The topological polar surface area (TPSA) is 98.7 Å². The molecule has 0 unspecified atom stereocenters. The molecule has 8 nitrogen and oxygen atoms in total. The van der Waals surface area contributed by atoms with E-state index in [1.54, 1.807) is 20.8 Å². The number of nitrogens with zero attached hydrogens (tertiary/aromatic N) is 3. The summed E-state index contributed by atoms with van der Waals surface area (Å²) in [4.78, 5) is 4.32. The monoisotopic (exact) mass is 341 g/mol. The number of sulfonamides is 1. The summed E-state index contributed by atoms with van der Waals surface area (Å²) in [5.74, 6) is 1.71. The zero-order valence-corrected chi connectivity index (χ0v) is 14.3. The van der Waals surface area contributed by atoms with Crippen molar-refractivity contribution in [3.8, 4) is 0 Å². The van der Waals surface area contributed by atoms with Gasteiger partial charge in [0.15, 0.2) is 11.9 Å². The van der Waals surface area contributed by atoms with E-state index >= 15 is 0 Å². The van der Waals surface area contributed by atoms with Crippen molar-refractivity contribution in [3.05, 3.63) is 29.3 Å². The minimum Gasteiger partial charge on any atom is -0.465 e. The highest BCUT2D eigenvalue weighted by atomic mass is 32.2. The summed E-state index contributed by atoms with van der Waals surface area (Å²) in [5.41, 5.74) is 0. The molecule has 0 radical (unpaired) electrons. The number of hydrogen-bond acceptors (Lipinski definition) is 7. The third kappa shape index (κ3) is 3.04. The third-order valence-electron chi connectivity index (χ3n) is 3.66. The summed E-state index contributed by atoms with van der Waals surface area (Å²) >= 11 is 0. The van der Waals surface area contributed by atoms with Crippen LogP contribution in [0.15, 0.2) is 19.9 Å². The second kappa shape index (κ2) is 5.73. The molecular weight excluding hydrogens is 322 g/mol. The molecule has 126 valence electrons. The molecule has 1 aliphatic rings. The first kappa shape index (κ1) is 16.2. The number of hydrogen-bond donors (Lipinski definition) is 0. The molecule has 23 heavy (non-hydrogen) atoms. The predicted molar refractivity (Wildman–Crippen MR) is 79.3 cm³/mol. The van der Waals surface area contributed by atoms with E-state index in [9.17, 15) is 8.42 Å². The van der Waals surface area contributed by atoms with E-state index in [2.05, 4.69) is 10.1 Å². The maximum absolute atomic E-state index is 12.9. The van der Waals surface area contributed by atoms with Gasteiger partial charge in [0, 0.05) is 13.1 Å². The smallest absolute Gasteiger partial charge is 0.257 e. The third-order valence-corrected chi connectivity index (χ3v) is 5.60. The van der Waals surface area contributed by atoms with Gasteiger partial charge in [-0.15, -0.1) is 0 Å². The van der Waals surface area contributed by atoms with E-state index < -0.39 is 16.1 Å². The van der Waals surface area contributed by atoms with Crippen LogP contribution in [0.25, 0.3) is 0 Å². The van der Waals surface area contributed by atoms with E-state index in [0.717, 1.165) is 0 Å². The average molecular weight is 341 g/mol. The van der Waals surface area contributed by atoms with Crippen LogP contribution in [0.2, 0.25) is 0 Å². The molecule has 2 aromatic rings. The molecule has 1 saturated heterocycles. The van der Waals surface area contributed by atoms with Gasteiger partial charge in [0.25, 0.3) is 5.89 Å². The molecule has 0 amide bonds. The summed E-state index contributed by atoms with van der Waals surface area (Å²) < 4.78 is 43.4. The summed E-state index contributed by atoms with van der Waals surface area (Å²) in [6, 6.07) is 1.54. The second-order valence-electron chi connectivity index (χ2n) is 5.71. The van der Waals surface area contributed by atoms with Crippen molar-refractivity contribution in [1.82, 2.24) is 14.4 Å². The normalized spacial score (nSPS) is 23.3. The number of rotatable bonds is 3. The molecule has 2 atom stereocenters. The molecule has 3 heterocycles. The standard InChI is InChI=1S/C14H19N3O5S/c1-8-5-13(10(3)20-8)23(18,19)17-6-9(2)21-12(7-17)14-15-11(4)16-22-14/h5,9,12H,6-7H2,1-4H3/t9-,12-/m1/s1. The van der Waals surface area contributed by atoms with Crippen LogP contribution in [0.1, 0.15) is 36.3 Å². The fourth-order valence-corrected chi connectivity index (χ4v) is 4.43. The first-order valence-corrected chi connectivity index (χ1v) is 8.74. The Morgan fingerprint density at radius 2 is 2.00 bits per heavy atom. The van der Waals surface area contributed by atoms with E-state index in [4.69, 9.17) is 13.7 Å². The summed E-state index contributed by atoms with van der Waals surface area (Å²) in [7, 11) is -3.67. The minimum atomic E-state index is -3.67. The van der Waals surface area contributed by atoms with Gasteiger partial charge in [-0.2, -0.15) is 9.29 Å². The Morgan fingerprint density at radius 3 is 2.57 bits per heavy atom. The fourth-order valence-electron chi connectivity index (χ4n) is 2.69.